The van der Waals surface area contributed by atoms with Crippen LogP contribution >= 0.6 is 0 Å². The summed E-state index contributed by atoms with van der Waals surface area (Å²) < 4.78 is 11.5. The Balaban J connectivity index is 0.961. The van der Waals surface area contributed by atoms with Crippen LogP contribution in [-0.4, -0.2) is 92.5 Å². The fourth-order valence-electron chi connectivity index (χ4n) is 5.19. The van der Waals surface area contributed by atoms with Gasteiger partial charge in [0.2, 0.25) is 5.91 Å². The molecule has 0 bridgehead atoms. The first-order chi connectivity index (χ1) is 15.6. The van der Waals surface area contributed by atoms with E-state index in [0.717, 1.165) is 45.1 Å². The number of fused-ring (bicyclic) bond motifs is 1. The first-order valence-electron chi connectivity index (χ1n) is 12.0. The topological polar surface area (TPSA) is 74.4 Å². The maximum Gasteiger partial charge on any atom is 0.320 e. The highest BCUT2D eigenvalue weighted by Gasteiger charge is 2.40. The lowest BCUT2D eigenvalue weighted by molar-refractivity contribution is -0.139. The molecule has 3 amide bonds. The molecule has 1 aromatic rings. The third-order valence-electron chi connectivity index (χ3n) is 7.59. The van der Waals surface area contributed by atoms with Crippen LogP contribution < -0.4 is 10.2 Å². The fourth-order valence-corrected chi connectivity index (χ4v) is 5.19. The van der Waals surface area contributed by atoms with Gasteiger partial charge in [-0.1, -0.05) is 12.1 Å². The van der Waals surface area contributed by atoms with E-state index in [1.165, 1.54) is 24.1 Å². The molecule has 1 aromatic carbocycles. The number of rotatable bonds is 5. The van der Waals surface area contributed by atoms with E-state index in [9.17, 15) is 9.59 Å². The molecular formula is C24H32N4O4. The molecule has 4 saturated heterocycles. The van der Waals surface area contributed by atoms with E-state index in [0.29, 0.717) is 25.1 Å². The van der Waals surface area contributed by atoms with Gasteiger partial charge in [0.05, 0.1) is 18.2 Å². The van der Waals surface area contributed by atoms with Crippen molar-refractivity contribution in [1.82, 2.24) is 15.1 Å². The molecule has 1 saturated carbocycles. The number of urea groups is 1. The molecule has 0 unspecified atom stereocenters. The lowest BCUT2D eigenvalue weighted by Crippen LogP contribution is -2.63. The summed E-state index contributed by atoms with van der Waals surface area (Å²) in [6, 6.07) is 8.81. The summed E-state index contributed by atoms with van der Waals surface area (Å²) in [7, 11) is 0. The van der Waals surface area contributed by atoms with Crippen LogP contribution in [0.15, 0.2) is 24.3 Å². The molecule has 0 aromatic heterocycles. The summed E-state index contributed by atoms with van der Waals surface area (Å²) in [5.41, 5.74) is 2.55. The van der Waals surface area contributed by atoms with Gasteiger partial charge in [0, 0.05) is 57.5 Å². The zero-order chi connectivity index (χ0) is 21.7. The number of ether oxygens (including phenoxy) is 2. The number of hydrogen-bond acceptors (Lipinski definition) is 5. The van der Waals surface area contributed by atoms with Crippen LogP contribution in [0.1, 0.15) is 30.7 Å². The first kappa shape index (κ1) is 20.3. The highest BCUT2D eigenvalue weighted by Crippen LogP contribution is 2.33. The van der Waals surface area contributed by atoms with Gasteiger partial charge in [-0.25, -0.2) is 4.79 Å². The van der Waals surface area contributed by atoms with E-state index in [4.69, 9.17) is 9.47 Å². The zero-order valence-electron chi connectivity index (χ0n) is 18.4. The smallest absolute Gasteiger partial charge is 0.320 e. The lowest BCUT2D eigenvalue weighted by atomic mass is 9.91. The average Bonchev–Trinajstić information content (AvgIpc) is 3.56. The molecule has 32 heavy (non-hydrogen) atoms. The Morgan fingerprint density at radius 2 is 1.81 bits per heavy atom. The van der Waals surface area contributed by atoms with Gasteiger partial charge in [-0.2, -0.15) is 0 Å². The molecule has 4 aliphatic heterocycles. The standard InChI is InChI=1S/C24H32N4O4/c29-23-15-32-22-7-8-26(13-21(22)25-23)24(30)28-9-18(10-28)17-3-5-19(6-4-17)27-11-20(12-27)31-14-16-1-2-16/h3-6,16,18,20-22H,1-2,7-15H2,(H,25,29)/t21-,22+/m1/s1. The summed E-state index contributed by atoms with van der Waals surface area (Å²) in [5, 5.41) is 2.97. The highest BCUT2D eigenvalue weighted by atomic mass is 16.5. The van der Waals surface area contributed by atoms with Crippen molar-refractivity contribution < 1.29 is 19.1 Å². The van der Waals surface area contributed by atoms with Gasteiger partial charge in [-0.3, -0.25) is 4.79 Å². The van der Waals surface area contributed by atoms with Crippen molar-refractivity contribution in [3.63, 3.8) is 0 Å². The van der Waals surface area contributed by atoms with E-state index in [1.807, 2.05) is 9.80 Å². The summed E-state index contributed by atoms with van der Waals surface area (Å²) >= 11 is 0. The van der Waals surface area contributed by atoms with Gasteiger partial charge in [0.1, 0.15) is 6.61 Å². The Labute approximate surface area is 188 Å². The number of carbonyl (C=O) groups excluding carboxylic acids is 2. The third-order valence-corrected chi connectivity index (χ3v) is 7.59. The average molecular weight is 441 g/mol. The van der Waals surface area contributed by atoms with Crippen molar-refractivity contribution in [3.05, 3.63) is 29.8 Å². The Kier molecular flexibility index (Phi) is 5.22. The normalized spacial score (nSPS) is 28.6. The number of anilines is 1. The summed E-state index contributed by atoms with van der Waals surface area (Å²) in [5.74, 6) is 1.13. The lowest BCUT2D eigenvalue weighted by Gasteiger charge is -2.46. The van der Waals surface area contributed by atoms with Gasteiger partial charge >= 0.3 is 6.03 Å². The predicted molar refractivity (Wildman–Crippen MR) is 119 cm³/mol. The molecule has 0 spiro atoms. The maximum absolute atomic E-state index is 12.9. The second-order valence-electron chi connectivity index (χ2n) is 10.0. The first-order valence-corrected chi connectivity index (χ1v) is 12.0. The van der Waals surface area contributed by atoms with Crippen LogP contribution in [-0.2, 0) is 14.3 Å². The number of piperidine rings is 1. The fraction of sp³-hybridized carbons (Fsp3) is 0.667. The minimum atomic E-state index is -0.0902. The molecule has 4 heterocycles. The van der Waals surface area contributed by atoms with E-state index in [1.54, 1.807) is 0 Å². The Morgan fingerprint density at radius 3 is 2.56 bits per heavy atom. The van der Waals surface area contributed by atoms with Crippen molar-refractivity contribution in [2.45, 2.75) is 43.4 Å². The van der Waals surface area contributed by atoms with Gasteiger partial charge in [-0.15, -0.1) is 0 Å². The van der Waals surface area contributed by atoms with E-state index in [-0.39, 0.29) is 30.7 Å². The van der Waals surface area contributed by atoms with Gasteiger partial charge in [0.25, 0.3) is 0 Å². The number of morpholine rings is 1. The number of nitrogens with zero attached hydrogens (tertiary/aromatic N) is 3. The van der Waals surface area contributed by atoms with Crippen LogP contribution in [0.25, 0.3) is 0 Å². The molecule has 172 valence electrons. The molecule has 8 nitrogen and oxygen atoms in total. The van der Waals surface area contributed by atoms with E-state index >= 15 is 0 Å². The Bertz CT molecular complexity index is 861. The minimum absolute atomic E-state index is 0.0332. The second kappa shape index (κ2) is 8.23. The SMILES string of the molecule is O=C1CO[C@H]2CCN(C(=O)N3CC(c4ccc(N5CC(OCC6CC6)C5)cc4)C3)C[C@H]2N1. The van der Waals surface area contributed by atoms with Gasteiger partial charge in [-0.05, 0) is 42.9 Å². The molecule has 2 atom stereocenters. The number of carbonyl (C=O) groups is 2. The highest BCUT2D eigenvalue weighted by molar-refractivity contribution is 5.79. The molecule has 6 rings (SSSR count). The van der Waals surface area contributed by atoms with Crippen LogP contribution in [0, 0.1) is 5.92 Å². The molecule has 8 heteroatoms. The molecule has 5 fully saturated rings. The zero-order valence-corrected chi connectivity index (χ0v) is 18.4. The van der Waals surface area contributed by atoms with E-state index in [2.05, 4.69) is 34.5 Å². The van der Waals surface area contributed by atoms with Crippen LogP contribution in [0.2, 0.25) is 0 Å². The number of nitrogens with one attached hydrogen (secondary N) is 1. The molecule has 5 aliphatic rings. The van der Waals surface area contributed by atoms with Crippen molar-refractivity contribution in [2.75, 3.05) is 57.4 Å². The number of benzene rings is 1. The number of hydrogen-bond donors (Lipinski definition) is 1. The van der Waals surface area contributed by atoms with Crippen molar-refractivity contribution in [1.29, 1.82) is 0 Å². The van der Waals surface area contributed by atoms with E-state index < -0.39 is 0 Å². The van der Waals surface area contributed by atoms with Crippen LogP contribution in [0.5, 0.6) is 0 Å². The van der Waals surface area contributed by atoms with Gasteiger partial charge < -0.3 is 29.5 Å². The molecule has 1 N–H and O–H groups in total. The van der Waals surface area contributed by atoms with Gasteiger partial charge in [0.15, 0.2) is 0 Å². The predicted octanol–water partition coefficient (Wildman–Crippen LogP) is 1.41. The summed E-state index contributed by atoms with van der Waals surface area (Å²) in [4.78, 5) is 30.7. The minimum Gasteiger partial charge on any atom is -0.374 e. The van der Waals surface area contributed by atoms with Crippen molar-refractivity contribution >= 4 is 17.6 Å². The maximum atomic E-state index is 12.9. The summed E-state index contributed by atoms with van der Waals surface area (Å²) in [6.07, 6.45) is 3.88. The van der Waals surface area contributed by atoms with Crippen molar-refractivity contribution in [2.24, 2.45) is 5.92 Å². The quantitative estimate of drug-likeness (QED) is 0.750. The third kappa shape index (κ3) is 4.06. The van der Waals surface area contributed by atoms with Crippen molar-refractivity contribution in [3.8, 4) is 0 Å². The molecule has 0 radical (unpaired) electrons. The molecular weight excluding hydrogens is 408 g/mol. The Morgan fingerprint density at radius 1 is 1.03 bits per heavy atom. The van der Waals surface area contributed by atoms with Crippen LogP contribution in [0.3, 0.4) is 0 Å². The van der Waals surface area contributed by atoms with Crippen LogP contribution in [0.4, 0.5) is 10.5 Å². The second-order valence-corrected chi connectivity index (χ2v) is 10.0. The monoisotopic (exact) mass is 440 g/mol. The summed E-state index contributed by atoms with van der Waals surface area (Å²) in [6.45, 7) is 5.78. The number of likely N-dealkylation sites (tertiary alicyclic amines) is 2. The molecule has 1 aliphatic carbocycles. The Hall–Kier alpha value is -2.32. The number of amides is 3. The largest absolute Gasteiger partial charge is 0.374 e.